The van der Waals surface area contributed by atoms with Crippen molar-refractivity contribution in [3.8, 4) is 5.75 Å². The topological polar surface area (TPSA) is 69.1 Å². The Kier molecular flexibility index (Phi) is 4.28. The van der Waals surface area contributed by atoms with Gasteiger partial charge in [-0.25, -0.2) is 4.68 Å². The molecule has 1 unspecified atom stereocenters. The standard InChI is InChI=1S/C19H21N3O3/c1-24-14-7-5-13(6-8-14)12-16-19-15(9-10-17(23)20-19)21-22(16)18-4-2-3-11-25-18/h5-10,18H,2-4,11-12H2,1H3,(H,20,23). The summed E-state index contributed by atoms with van der Waals surface area (Å²) < 4.78 is 13.1. The summed E-state index contributed by atoms with van der Waals surface area (Å²) in [6.45, 7) is 0.749. The molecule has 0 spiro atoms. The number of pyridine rings is 1. The Morgan fingerprint density at radius 2 is 2.08 bits per heavy atom. The molecule has 0 radical (unpaired) electrons. The fourth-order valence-electron chi connectivity index (χ4n) is 3.32. The van der Waals surface area contributed by atoms with Gasteiger partial charge in [-0.3, -0.25) is 4.79 Å². The summed E-state index contributed by atoms with van der Waals surface area (Å²) in [4.78, 5) is 14.8. The van der Waals surface area contributed by atoms with Crippen molar-refractivity contribution < 1.29 is 9.47 Å². The Hall–Kier alpha value is -2.60. The van der Waals surface area contributed by atoms with Crippen molar-refractivity contribution in [1.29, 1.82) is 0 Å². The summed E-state index contributed by atoms with van der Waals surface area (Å²) >= 11 is 0. The first-order valence-electron chi connectivity index (χ1n) is 8.59. The predicted molar refractivity (Wildman–Crippen MR) is 95.0 cm³/mol. The van der Waals surface area contributed by atoms with Gasteiger partial charge in [0.25, 0.3) is 0 Å². The maximum absolute atomic E-state index is 11.8. The summed E-state index contributed by atoms with van der Waals surface area (Å²) in [5, 5.41) is 4.70. The van der Waals surface area contributed by atoms with E-state index in [1.54, 1.807) is 13.2 Å². The van der Waals surface area contributed by atoms with Crippen LogP contribution in [0.25, 0.3) is 11.0 Å². The third-order valence-corrected chi connectivity index (χ3v) is 4.64. The Labute approximate surface area is 145 Å². The number of rotatable bonds is 4. The second-order valence-electron chi connectivity index (χ2n) is 6.32. The third-order valence-electron chi connectivity index (χ3n) is 4.64. The van der Waals surface area contributed by atoms with Crippen molar-refractivity contribution in [3.05, 3.63) is 58.0 Å². The highest BCUT2D eigenvalue weighted by molar-refractivity contribution is 5.77. The van der Waals surface area contributed by atoms with Crippen LogP contribution in [-0.4, -0.2) is 28.5 Å². The zero-order valence-corrected chi connectivity index (χ0v) is 14.2. The minimum absolute atomic E-state index is 0.0714. The lowest BCUT2D eigenvalue weighted by Gasteiger charge is -2.24. The molecule has 1 N–H and O–H groups in total. The number of ether oxygens (including phenoxy) is 2. The predicted octanol–water partition coefficient (Wildman–Crippen LogP) is 3.02. The molecule has 1 fully saturated rings. The minimum atomic E-state index is -0.118. The molecular weight excluding hydrogens is 318 g/mol. The van der Waals surface area contributed by atoms with E-state index in [2.05, 4.69) is 4.98 Å². The molecule has 1 aromatic carbocycles. The Morgan fingerprint density at radius 3 is 2.80 bits per heavy atom. The smallest absolute Gasteiger partial charge is 0.248 e. The minimum Gasteiger partial charge on any atom is -0.497 e. The van der Waals surface area contributed by atoms with Gasteiger partial charge < -0.3 is 14.5 Å². The SMILES string of the molecule is COc1ccc(Cc2c3[nH]c(=O)ccc3nn2C2CCCCO2)cc1. The van der Waals surface area contributed by atoms with Gasteiger partial charge in [0, 0.05) is 19.1 Å². The number of aromatic amines is 1. The Bertz CT molecular complexity index is 921. The number of methoxy groups -OCH3 is 1. The molecule has 4 rings (SSSR count). The van der Waals surface area contributed by atoms with Crippen LogP contribution in [0.15, 0.2) is 41.2 Å². The van der Waals surface area contributed by atoms with E-state index in [1.165, 1.54) is 6.07 Å². The van der Waals surface area contributed by atoms with E-state index in [-0.39, 0.29) is 11.8 Å². The molecule has 6 heteroatoms. The molecule has 25 heavy (non-hydrogen) atoms. The molecule has 1 atom stereocenters. The molecule has 2 aromatic heterocycles. The number of nitrogens with zero attached hydrogens (tertiary/aromatic N) is 2. The Balaban J connectivity index is 1.77. The van der Waals surface area contributed by atoms with Crippen LogP contribution in [0, 0.1) is 0 Å². The number of benzene rings is 1. The van der Waals surface area contributed by atoms with E-state index < -0.39 is 0 Å². The van der Waals surface area contributed by atoms with Gasteiger partial charge >= 0.3 is 0 Å². The monoisotopic (exact) mass is 339 g/mol. The summed E-state index contributed by atoms with van der Waals surface area (Å²) in [6, 6.07) is 11.2. The van der Waals surface area contributed by atoms with E-state index >= 15 is 0 Å². The first kappa shape index (κ1) is 15.9. The van der Waals surface area contributed by atoms with Crippen molar-refractivity contribution in [2.75, 3.05) is 13.7 Å². The molecule has 6 nitrogen and oxygen atoms in total. The summed E-state index contributed by atoms with van der Waals surface area (Å²) in [7, 11) is 1.66. The van der Waals surface area contributed by atoms with Crippen LogP contribution in [0.5, 0.6) is 5.75 Å². The average molecular weight is 339 g/mol. The normalized spacial score (nSPS) is 17.7. The maximum Gasteiger partial charge on any atom is 0.248 e. The second kappa shape index (κ2) is 6.72. The number of aromatic nitrogens is 3. The van der Waals surface area contributed by atoms with Crippen LogP contribution in [0.4, 0.5) is 0 Å². The zero-order chi connectivity index (χ0) is 17.2. The highest BCUT2D eigenvalue weighted by Crippen LogP contribution is 2.28. The highest BCUT2D eigenvalue weighted by atomic mass is 16.5. The van der Waals surface area contributed by atoms with Crippen LogP contribution < -0.4 is 10.3 Å². The quantitative estimate of drug-likeness (QED) is 0.793. The first-order chi connectivity index (χ1) is 12.2. The summed E-state index contributed by atoms with van der Waals surface area (Å²) in [5.74, 6) is 0.825. The molecule has 3 aromatic rings. The van der Waals surface area contributed by atoms with Gasteiger partial charge in [-0.2, -0.15) is 5.10 Å². The molecule has 1 aliphatic rings. The van der Waals surface area contributed by atoms with Gasteiger partial charge in [-0.15, -0.1) is 0 Å². The molecule has 1 saturated heterocycles. The second-order valence-corrected chi connectivity index (χ2v) is 6.32. The summed E-state index contributed by atoms with van der Waals surface area (Å²) in [6.07, 6.45) is 3.74. The third kappa shape index (κ3) is 3.17. The van der Waals surface area contributed by atoms with Crippen molar-refractivity contribution in [3.63, 3.8) is 0 Å². The number of hydrogen-bond acceptors (Lipinski definition) is 4. The van der Waals surface area contributed by atoms with Crippen LogP contribution in [0.2, 0.25) is 0 Å². The van der Waals surface area contributed by atoms with Crippen molar-refractivity contribution in [1.82, 2.24) is 14.8 Å². The lowest BCUT2D eigenvalue weighted by molar-refractivity contribution is -0.0405. The van der Waals surface area contributed by atoms with Crippen LogP contribution in [-0.2, 0) is 11.2 Å². The van der Waals surface area contributed by atoms with Crippen molar-refractivity contribution in [2.45, 2.75) is 31.9 Å². The molecule has 130 valence electrons. The van der Waals surface area contributed by atoms with Gasteiger partial charge in [0.2, 0.25) is 5.56 Å². The number of H-pyrrole nitrogens is 1. The largest absolute Gasteiger partial charge is 0.497 e. The van der Waals surface area contributed by atoms with E-state index in [1.807, 2.05) is 28.9 Å². The molecule has 1 aliphatic heterocycles. The molecule has 0 saturated carbocycles. The number of nitrogens with one attached hydrogen (secondary N) is 1. The Morgan fingerprint density at radius 1 is 1.24 bits per heavy atom. The van der Waals surface area contributed by atoms with Crippen molar-refractivity contribution >= 4 is 11.0 Å². The van der Waals surface area contributed by atoms with Gasteiger partial charge in [-0.05, 0) is 43.0 Å². The van der Waals surface area contributed by atoms with Gasteiger partial charge in [0.15, 0.2) is 6.23 Å². The van der Waals surface area contributed by atoms with Gasteiger partial charge in [0.05, 0.1) is 18.3 Å². The van der Waals surface area contributed by atoms with E-state index in [9.17, 15) is 4.79 Å². The fourth-order valence-corrected chi connectivity index (χ4v) is 3.32. The average Bonchev–Trinajstić information content (AvgIpc) is 3.01. The van der Waals surface area contributed by atoms with Crippen molar-refractivity contribution in [2.24, 2.45) is 0 Å². The molecular formula is C19H21N3O3. The number of hydrogen-bond donors (Lipinski definition) is 1. The molecule has 0 amide bonds. The highest BCUT2D eigenvalue weighted by Gasteiger charge is 2.22. The first-order valence-corrected chi connectivity index (χ1v) is 8.59. The van der Waals surface area contributed by atoms with E-state index in [4.69, 9.17) is 14.6 Å². The van der Waals surface area contributed by atoms with Crippen LogP contribution >= 0.6 is 0 Å². The fraction of sp³-hybridized carbons (Fsp3) is 0.368. The molecule has 0 bridgehead atoms. The van der Waals surface area contributed by atoms with Gasteiger partial charge in [0.1, 0.15) is 11.3 Å². The zero-order valence-electron chi connectivity index (χ0n) is 14.2. The van der Waals surface area contributed by atoms with E-state index in [0.717, 1.165) is 53.9 Å². The molecule has 0 aliphatic carbocycles. The molecule has 3 heterocycles. The van der Waals surface area contributed by atoms with Gasteiger partial charge in [-0.1, -0.05) is 12.1 Å². The lowest BCUT2D eigenvalue weighted by atomic mass is 10.1. The number of fused-ring (bicyclic) bond motifs is 1. The maximum atomic E-state index is 11.8. The summed E-state index contributed by atoms with van der Waals surface area (Å²) in [5.41, 5.74) is 3.57. The van der Waals surface area contributed by atoms with Crippen LogP contribution in [0.1, 0.15) is 36.7 Å². The lowest BCUT2D eigenvalue weighted by Crippen LogP contribution is -2.21. The van der Waals surface area contributed by atoms with Crippen LogP contribution in [0.3, 0.4) is 0 Å². The van der Waals surface area contributed by atoms with E-state index in [0.29, 0.717) is 6.42 Å².